The first-order valence-electron chi connectivity index (χ1n) is 5.57. The summed E-state index contributed by atoms with van der Waals surface area (Å²) in [4.78, 5) is 9.07. The third-order valence-electron chi connectivity index (χ3n) is 3.08. The van der Waals surface area contributed by atoms with Gasteiger partial charge in [0.25, 0.3) is 0 Å². The Bertz CT molecular complexity index is 299. The van der Waals surface area contributed by atoms with Crippen molar-refractivity contribution in [3.8, 4) is 0 Å². The van der Waals surface area contributed by atoms with Gasteiger partial charge >= 0.3 is 0 Å². The van der Waals surface area contributed by atoms with Gasteiger partial charge in [0.05, 0.1) is 0 Å². The molecule has 0 aliphatic carbocycles. The van der Waals surface area contributed by atoms with Crippen LogP contribution in [0.4, 0.5) is 0 Å². The molecule has 1 atom stereocenters. The smallest absolute Gasteiger partial charge is 0.0312 e. The summed E-state index contributed by atoms with van der Waals surface area (Å²) in [6.45, 7) is 6.83. The lowest BCUT2D eigenvalue weighted by Crippen LogP contribution is -2.49. The molecule has 1 fully saturated rings. The topological polar surface area (TPSA) is 19.4 Å². The Kier molecular flexibility index (Phi) is 3.34. The molecule has 0 bridgehead atoms. The van der Waals surface area contributed by atoms with E-state index < -0.39 is 0 Å². The second-order valence-electron chi connectivity index (χ2n) is 4.44. The molecule has 1 saturated heterocycles. The van der Waals surface area contributed by atoms with E-state index in [-0.39, 0.29) is 0 Å². The van der Waals surface area contributed by atoms with E-state index in [4.69, 9.17) is 0 Å². The highest BCUT2D eigenvalue weighted by atomic mass is 15.3. The van der Waals surface area contributed by atoms with Gasteiger partial charge in [-0.3, -0.25) is 9.88 Å². The summed E-state index contributed by atoms with van der Waals surface area (Å²) in [5.74, 6) is 0. The molecule has 1 aliphatic heterocycles. The van der Waals surface area contributed by atoms with Crippen molar-refractivity contribution in [1.29, 1.82) is 0 Å². The lowest BCUT2D eigenvalue weighted by molar-refractivity contribution is 0.0937. The number of rotatable bonds is 2. The Morgan fingerprint density at radius 2 is 2.33 bits per heavy atom. The number of hydrogen-bond acceptors (Lipinski definition) is 3. The van der Waals surface area contributed by atoms with Crippen LogP contribution in [-0.2, 0) is 6.54 Å². The molecule has 0 saturated carbocycles. The molecule has 0 amide bonds. The minimum absolute atomic E-state index is 0.643. The maximum absolute atomic E-state index is 4.15. The zero-order chi connectivity index (χ0) is 10.7. The van der Waals surface area contributed by atoms with Crippen molar-refractivity contribution in [3.05, 3.63) is 30.1 Å². The van der Waals surface area contributed by atoms with Crippen molar-refractivity contribution in [3.63, 3.8) is 0 Å². The lowest BCUT2D eigenvalue weighted by atomic mass is 10.1. The third kappa shape index (κ3) is 2.76. The van der Waals surface area contributed by atoms with Crippen LogP contribution >= 0.6 is 0 Å². The monoisotopic (exact) mass is 205 g/mol. The van der Waals surface area contributed by atoms with Gasteiger partial charge in [-0.15, -0.1) is 0 Å². The lowest BCUT2D eigenvalue weighted by Gasteiger charge is -2.38. The normalized spacial score (nSPS) is 24.3. The molecule has 0 radical (unpaired) electrons. The first-order valence-corrected chi connectivity index (χ1v) is 5.57. The van der Waals surface area contributed by atoms with Crippen LogP contribution in [0.1, 0.15) is 12.5 Å². The molecule has 0 aromatic carbocycles. The van der Waals surface area contributed by atoms with Gasteiger partial charge in [-0.05, 0) is 25.6 Å². The second kappa shape index (κ2) is 4.73. The van der Waals surface area contributed by atoms with Crippen LogP contribution in [-0.4, -0.2) is 47.5 Å². The highest BCUT2D eigenvalue weighted by molar-refractivity contribution is 5.08. The molecule has 0 unspecified atom stereocenters. The number of nitrogens with zero attached hydrogens (tertiary/aromatic N) is 3. The average molecular weight is 205 g/mol. The molecule has 0 spiro atoms. The van der Waals surface area contributed by atoms with E-state index in [2.05, 4.69) is 34.8 Å². The number of piperazine rings is 1. The van der Waals surface area contributed by atoms with Gasteiger partial charge in [0.15, 0.2) is 0 Å². The minimum atomic E-state index is 0.643. The largest absolute Gasteiger partial charge is 0.304 e. The number of hydrogen-bond donors (Lipinski definition) is 0. The van der Waals surface area contributed by atoms with Crippen LogP contribution in [0.25, 0.3) is 0 Å². The van der Waals surface area contributed by atoms with Gasteiger partial charge in [-0.1, -0.05) is 6.07 Å². The summed E-state index contributed by atoms with van der Waals surface area (Å²) in [5.41, 5.74) is 1.31. The van der Waals surface area contributed by atoms with Gasteiger partial charge in [0.2, 0.25) is 0 Å². The zero-order valence-corrected chi connectivity index (χ0v) is 9.56. The van der Waals surface area contributed by atoms with Crippen molar-refractivity contribution in [1.82, 2.24) is 14.8 Å². The molecular weight excluding hydrogens is 186 g/mol. The van der Waals surface area contributed by atoms with E-state index in [0.29, 0.717) is 6.04 Å². The Labute approximate surface area is 91.7 Å². The van der Waals surface area contributed by atoms with E-state index in [0.717, 1.165) is 13.1 Å². The molecule has 2 rings (SSSR count). The number of likely N-dealkylation sites (N-methyl/N-ethyl adjacent to an activating group) is 1. The Morgan fingerprint density at radius 1 is 1.47 bits per heavy atom. The van der Waals surface area contributed by atoms with Gasteiger partial charge < -0.3 is 4.90 Å². The van der Waals surface area contributed by atoms with Gasteiger partial charge in [0, 0.05) is 44.6 Å². The molecule has 82 valence electrons. The SMILES string of the molecule is C[C@@H]1CN(C)CCN1Cc1cccnc1. The van der Waals surface area contributed by atoms with Crippen molar-refractivity contribution in [2.45, 2.75) is 19.5 Å². The van der Waals surface area contributed by atoms with Crippen LogP contribution < -0.4 is 0 Å². The molecule has 0 N–H and O–H groups in total. The average Bonchev–Trinajstić information content (AvgIpc) is 2.24. The standard InChI is InChI=1S/C12H19N3/c1-11-9-14(2)6-7-15(11)10-12-4-3-5-13-8-12/h3-5,8,11H,6-7,9-10H2,1-2H3/t11-/m1/s1. The van der Waals surface area contributed by atoms with Gasteiger partial charge in [-0.2, -0.15) is 0 Å². The maximum atomic E-state index is 4.15. The summed E-state index contributed by atoms with van der Waals surface area (Å²) >= 11 is 0. The van der Waals surface area contributed by atoms with E-state index in [9.17, 15) is 0 Å². The summed E-state index contributed by atoms with van der Waals surface area (Å²) in [5, 5.41) is 0. The van der Waals surface area contributed by atoms with E-state index in [1.165, 1.54) is 18.7 Å². The van der Waals surface area contributed by atoms with E-state index in [1.54, 1.807) is 0 Å². The quantitative estimate of drug-likeness (QED) is 0.723. The number of pyridine rings is 1. The molecule has 1 aromatic heterocycles. The molecular formula is C12H19N3. The Balaban J connectivity index is 1.95. The van der Waals surface area contributed by atoms with Crippen LogP contribution in [0, 0.1) is 0 Å². The fraction of sp³-hybridized carbons (Fsp3) is 0.583. The fourth-order valence-electron chi connectivity index (χ4n) is 2.14. The Morgan fingerprint density at radius 3 is 3.00 bits per heavy atom. The highest BCUT2D eigenvalue weighted by Crippen LogP contribution is 2.11. The van der Waals surface area contributed by atoms with Crippen molar-refractivity contribution in [2.75, 3.05) is 26.7 Å². The van der Waals surface area contributed by atoms with Crippen molar-refractivity contribution in [2.24, 2.45) is 0 Å². The summed E-state index contributed by atoms with van der Waals surface area (Å²) in [6.07, 6.45) is 3.79. The molecule has 1 aromatic rings. The van der Waals surface area contributed by atoms with Crippen molar-refractivity contribution < 1.29 is 0 Å². The van der Waals surface area contributed by atoms with E-state index >= 15 is 0 Å². The van der Waals surface area contributed by atoms with Crippen LogP contribution in [0.2, 0.25) is 0 Å². The zero-order valence-electron chi connectivity index (χ0n) is 9.56. The first-order chi connectivity index (χ1) is 7.25. The summed E-state index contributed by atoms with van der Waals surface area (Å²) < 4.78 is 0. The third-order valence-corrected chi connectivity index (χ3v) is 3.08. The predicted molar refractivity (Wildman–Crippen MR) is 61.6 cm³/mol. The summed E-state index contributed by atoms with van der Waals surface area (Å²) in [7, 11) is 2.19. The first kappa shape index (κ1) is 10.6. The molecule has 1 aliphatic rings. The van der Waals surface area contributed by atoms with Gasteiger partial charge in [0.1, 0.15) is 0 Å². The van der Waals surface area contributed by atoms with Gasteiger partial charge in [-0.25, -0.2) is 0 Å². The summed E-state index contributed by atoms with van der Waals surface area (Å²) in [6, 6.07) is 4.80. The predicted octanol–water partition coefficient (Wildman–Crippen LogP) is 1.22. The van der Waals surface area contributed by atoms with Crippen LogP contribution in [0.15, 0.2) is 24.5 Å². The highest BCUT2D eigenvalue weighted by Gasteiger charge is 2.20. The number of aromatic nitrogens is 1. The molecule has 2 heterocycles. The van der Waals surface area contributed by atoms with Crippen molar-refractivity contribution >= 4 is 0 Å². The Hall–Kier alpha value is -0.930. The van der Waals surface area contributed by atoms with Crippen LogP contribution in [0.5, 0.6) is 0 Å². The fourth-order valence-corrected chi connectivity index (χ4v) is 2.14. The second-order valence-corrected chi connectivity index (χ2v) is 4.44. The van der Waals surface area contributed by atoms with Crippen LogP contribution in [0.3, 0.4) is 0 Å². The maximum Gasteiger partial charge on any atom is 0.0312 e. The molecule has 3 nitrogen and oxygen atoms in total. The molecule has 3 heteroatoms. The minimum Gasteiger partial charge on any atom is -0.304 e. The van der Waals surface area contributed by atoms with E-state index in [1.807, 2.05) is 18.5 Å². The molecule has 15 heavy (non-hydrogen) atoms.